The Bertz CT molecular complexity index is 474. The summed E-state index contributed by atoms with van der Waals surface area (Å²) in [5.74, 6) is 1.38. The standard InChI is InChI=1S/C20H33NO3/c1-4-5-6-7-8-9-10-11-12-13-20(22)21-18-16-17(23-2)14-15-19(18)24-3/h14-16H,4-13H2,1-3H3,(H,21,22). The molecule has 0 fully saturated rings. The van der Waals surface area contributed by atoms with Gasteiger partial charge in [-0.2, -0.15) is 0 Å². The van der Waals surface area contributed by atoms with Gasteiger partial charge in [0, 0.05) is 12.5 Å². The topological polar surface area (TPSA) is 47.6 Å². The predicted molar refractivity (Wildman–Crippen MR) is 100 cm³/mol. The smallest absolute Gasteiger partial charge is 0.224 e. The van der Waals surface area contributed by atoms with Crippen molar-refractivity contribution < 1.29 is 14.3 Å². The zero-order valence-electron chi connectivity index (χ0n) is 15.5. The number of amides is 1. The van der Waals surface area contributed by atoms with Gasteiger partial charge < -0.3 is 14.8 Å². The molecule has 1 aromatic carbocycles. The first-order valence-corrected chi connectivity index (χ1v) is 9.23. The molecular weight excluding hydrogens is 302 g/mol. The van der Waals surface area contributed by atoms with Crippen LogP contribution in [0.25, 0.3) is 0 Å². The van der Waals surface area contributed by atoms with E-state index in [0.717, 1.165) is 12.8 Å². The highest BCUT2D eigenvalue weighted by Gasteiger charge is 2.09. The van der Waals surface area contributed by atoms with Crippen LogP contribution in [0.2, 0.25) is 0 Å². The SMILES string of the molecule is CCCCCCCCCCCC(=O)Nc1cc(OC)ccc1OC. The van der Waals surface area contributed by atoms with E-state index in [4.69, 9.17) is 9.47 Å². The second kappa shape index (κ2) is 12.7. The Kier molecular flexibility index (Phi) is 10.7. The van der Waals surface area contributed by atoms with Crippen LogP contribution >= 0.6 is 0 Å². The van der Waals surface area contributed by atoms with Crippen LogP contribution in [0, 0.1) is 0 Å². The molecule has 0 saturated carbocycles. The van der Waals surface area contributed by atoms with Gasteiger partial charge >= 0.3 is 0 Å². The summed E-state index contributed by atoms with van der Waals surface area (Å²) in [5.41, 5.74) is 0.665. The molecule has 1 rings (SSSR count). The molecular formula is C20H33NO3. The van der Waals surface area contributed by atoms with E-state index in [0.29, 0.717) is 23.6 Å². The third-order valence-electron chi connectivity index (χ3n) is 4.19. The highest BCUT2D eigenvalue weighted by atomic mass is 16.5. The minimum atomic E-state index is 0.0319. The Morgan fingerprint density at radius 2 is 1.54 bits per heavy atom. The number of carbonyl (C=O) groups excluding carboxylic acids is 1. The van der Waals surface area contributed by atoms with E-state index in [1.807, 2.05) is 6.07 Å². The summed E-state index contributed by atoms with van der Waals surface area (Å²) in [7, 11) is 3.20. The van der Waals surface area contributed by atoms with Gasteiger partial charge in [0.05, 0.1) is 19.9 Å². The van der Waals surface area contributed by atoms with E-state index in [1.165, 1.54) is 44.9 Å². The minimum Gasteiger partial charge on any atom is -0.497 e. The Balaban J connectivity index is 2.20. The fourth-order valence-corrected chi connectivity index (χ4v) is 2.72. The van der Waals surface area contributed by atoms with E-state index in [2.05, 4.69) is 12.2 Å². The Hall–Kier alpha value is -1.71. The second-order valence-electron chi connectivity index (χ2n) is 6.19. The lowest BCUT2D eigenvalue weighted by atomic mass is 10.1. The predicted octanol–water partition coefficient (Wildman–Crippen LogP) is 5.56. The van der Waals surface area contributed by atoms with Crippen LogP contribution in [0.1, 0.15) is 71.1 Å². The number of hydrogen-bond acceptors (Lipinski definition) is 3. The number of unbranched alkanes of at least 4 members (excludes halogenated alkanes) is 8. The average Bonchev–Trinajstić information content (AvgIpc) is 2.60. The van der Waals surface area contributed by atoms with Gasteiger partial charge in [-0.15, -0.1) is 0 Å². The van der Waals surface area contributed by atoms with Gasteiger partial charge in [-0.3, -0.25) is 4.79 Å². The van der Waals surface area contributed by atoms with Crippen molar-refractivity contribution in [1.29, 1.82) is 0 Å². The van der Waals surface area contributed by atoms with Gasteiger partial charge in [-0.05, 0) is 18.6 Å². The largest absolute Gasteiger partial charge is 0.497 e. The molecule has 0 aliphatic carbocycles. The van der Waals surface area contributed by atoms with E-state index in [1.54, 1.807) is 26.4 Å². The van der Waals surface area contributed by atoms with E-state index >= 15 is 0 Å². The molecule has 0 radical (unpaired) electrons. The van der Waals surface area contributed by atoms with Crippen LogP contribution < -0.4 is 14.8 Å². The van der Waals surface area contributed by atoms with Crippen LogP contribution in [0.4, 0.5) is 5.69 Å². The summed E-state index contributed by atoms with van der Waals surface area (Å²) in [5, 5.41) is 2.92. The number of hydrogen-bond donors (Lipinski definition) is 1. The molecule has 0 saturated heterocycles. The molecule has 1 N–H and O–H groups in total. The van der Waals surface area contributed by atoms with Gasteiger partial charge in [0.25, 0.3) is 0 Å². The van der Waals surface area contributed by atoms with Crippen molar-refractivity contribution in [3.63, 3.8) is 0 Å². The fraction of sp³-hybridized carbons (Fsp3) is 0.650. The third-order valence-corrected chi connectivity index (χ3v) is 4.19. The number of ether oxygens (including phenoxy) is 2. The number of benzene rings is 1. The quantitative estimate of drug-likeness (QED) is 0.480. The van der Waals surface area contributed by atoms with Crippen molar-refractivity contribution in [1.82, 2.24) is 0 Å². The molecule has 4 nitrogen and oxygen atoms in total. The summed E-state index contributed by atoms with van der Waals surface area (Å²) >= 11 is 0. The summed E-state index contributed by atoms with van der Waals surface area (Å²) in [4.78, 5) is 12.1. The normalized spacial score (nSPS) is 10.5. The minimum absolute atomic E-state index is 0.0319. The van der Waals surface area contributed by atoms with Crippen molar-refractivity contribution in [2.24, 2.45) is 0 Å². The molecule has 0 aliphatic heterocycles. The van der Waals surface area contributed by atoms with E-state index < -0.39 is 0 Å². The maximum absolute atomic E-state index is 12.1. The molecule has 0 spiro atoms. The second-order valence-corrected chi connectivity index (χ2v) is 6.19. The molecule has 24 heavy (non-hydrogen) atoms. The molecule has 0 aliphatic rings. The van der Waals surface area contributed by atoms with Crippen molar-refractivity contribution >= 4 is 11.6 Å². The average molecular weight is 335 g/mol. The molecule has 0 atom stereocenters. The molecule has 0 aromatic heterocycles. The monoisotopic (exact) mass is 335 g/mol. The van der Waals surface area contributed by atoms with Crippen molar-refractivity contribution in [3.8, 4) is 11.5 Å². The first kappa shape index (κ1) is 20.3. The molecule has 4 heteroatoms. The summed E-state index contributed by atoms with van der Waals surface area (Å²) in [6.45, 7) is 2.24. The lowest BCUT2D eigenvalue weighted by Crippen LogP contribution is -2.12. The maximum atomic E-state index is 12.1. The number of carbonyl (C=O) groups is 1. The third kappa shape index (κ3) is 8.23. The summed E-state index contributed by atoms with van der Waals surface area (Å²) in [6, 6.07) is 5.40. The van der Waals surface area contributed by atoms with Crippen LogP contribution in [0.3, 0.4) is 0 Å². The van der Waals surface area contributed by atoms with Crippen LogP contribution in [-0.2, 0) is 4.79 Å². The summed E-state index contributed by atoms with van der Waals surface area (Å²) < 4.78 is 10.5. The van der Waals surface area contributed by atoms with Gasteiger partial charge in [-0.25, -0.2) is 0 Å². The lowest BCUT2D eigenvalue weighted by Gasteiger charge is -2.11. The van der Waals surface area contributed by atoms with Crippen LogP contribution in [-0.4, -0.2) is 20.1 Å². The Morgan fingerprint density at radius 1 is 0.917 bits per heavy atom. The summed E-state index contributed by atoms with van der Waals surface area (Å²) in [6.07, 6.45) is 11.8. The Morgan fingerprint density at radius 3 is 2.12 bits per heavy atom. The first-order chi connectivity index (χ1) is 11.7. The van der Waals surface area contributed by atoms with Gasteiger partial charge in [0.2, 0.25) is 5.91 Å². The highest BCUT2D eigenvalue weighted by molar-refractivity contribution is 5.92. The molecule has 0 bridgehead atoms. The van der Waals surface area contributed by atoms with Crippen molar-refractivity contribution in [2.75, 3.05) is 19.5 Å². The maximum Gasteiger partial charge on any atom is 0.224 e. The number of anilines is 1. The van der Waals surface area contributed by atoms with Gasteiger partial charge in [-0.1, -0.05) is 58.3 Å². The van der Waals surface area contributed by atoms with Crippen molar-refractivity contribution in [2.45, 2.75) is 71.1 Å². The number of nitrogens with one attached hydrogen (secondary N) is 1. The number of rotatable bonds is 13. The highest BCUT2D eigenvalue weighted by Crippen LogP contribution is 2.29. The van der Waals surface area contributed by atoms with Crippen LogP contribution in [0.5, 0.6) is 11.5 Å². The molecule has 0 unspecified atom stereocenters. The van der Waals surface area contributed by atoms with Gasteiger partial charge in [0.1, 0.15) is 11.5 Å². The molecule has 136 valence electrons. The Labute approximate surface area is 146 Å². The first-order valence-electron chi connectivity index (χ1n) is 9.23. The van der Waals surface area contributed by atoms with Crippen LogP contribution in [0.15, 0.2) is 18.2 Å². The lowest BCUT2D eigenvalue weighted by molar-refractivity contribution is -0.116. The van der Waals surface area contributed by atoms with Crippen molar-refractivity contribution in [3.05, 3.63) is 18.2 Å². The molecule has 1 aromatic rings. The van der Waals surface area contributed by atoms with E-state index in [-0.39, 0.29) is 5.91 Å². The van der Waals surface area contributed by atoms with E-state index in [9.17, 15) is 4.79 Å². The fourth-order valence-electron chi connectivity index (χ4n) is 2.72. The number of methoxy groups -OCH3 is 2. The van der Waals surface area contributed by atoms with Gasteiger partial charge in [0.15, 0.2) is 0 Å². The molecule has 0 heterocycles. The zero-order valence-corrected chi connectivity index (χ0v) is 15.5. The molecule has 1 amide bonds. The zero-order chi connectivity index (χ0) is 17.6.